The highest BCUT2D eigenvalue weighted by Gasteiger charge is 2.17. The molecule has 0 radical (unpaired) electrons. The van der Waals surface area contributed by atoms with E-state index < -0.39 is 27.6 Å². The van der Waals surface area contributed by atoms with Gasteiger partial charge in [-0.3, -0.25) is 4.79 Å². The number of sulfonamides is 1. The van der Waals surface area contributed by atoms with Crippen LogP contribution in [0.1, 0.15) is 0 Å². The number of thioether (sulfide) groups is 1. The normalized spacial score (nSPS) is 11.6. The number of carbonyl (C=O) groups is 1. The average molecular weight is 386 g/mol. The third-order valence-corrected chi connectivity index (χ3v) is 5.96. The molecule has 0 aromatic heterocycles. The van der Waals surface area contributed by atoms with Crippen LogP contribution in [0.15, 0.2) is 52.3 Å². The van der Waals surface area contributed by atoms with E-state index in [2.05, 4.69) is 5.32 Å². The molecule has 0 atom stereocenters. The number of hydrogen-bond donors (Lipinski definition) is 1. The summed E-state index contributed by atoms with van der Waals surface area (Å²) in [7, 11) is -0.768. The minimum absolute atomic E-state index is 0.0320. The van der Waals surface area contributed by atoms with Crippen LogP contribution in [0.5, 0.6) is 0 Å². The van der Waals surface area contributed by atoms with Crippen molar-refractivity contribution >= 4 is 33.4 Å². The zero-order chi connectivity index (χ0) is 18.6. The predicted molar refractivity (Wildman–Crippen MR) is 93.0 cm³/mol. The highest BCUT2D eigenvalue weighted by Crippen LogP contribution is 2.22. The van der Waals surface area contributed by atoms with E-state index in [0.29, 0.717) is 10.6 Å². The molecule has 9 heteroatoms. The van der Waals surface area contributed by atoms with Crippen molar-refractivity contribution in [2.24, 2.45) is 0 Å². The lowest BCUT2D eigenvalue weighted by molar-refractivity contribution is -0.113. The molecule has 1 N–H and O–H groups in total. The van der Waals surface area contributed by atoms with Crippen LogP contribution in [0.4, 0.5) is 14.5 Å². The standard InChI is InChI=1S/C16H16F2N2O3S2/c1-20(2)25(22,23)13-5-3-4-11(8-13)19-16(21)10-24-12-6-7-14(17)15(18)9-12/h3-9H,10H2,1-2H3,(H,19,21). The summed E-state index contributed by atoms with van der Waals surface area (Å²) in [5.41, 5.74) is 0.332. The SMILES string of the molecule is CN(C)S(=O)(=O)c1cccc(NC(=O)CSc2ccc(F)c(F)c2)c1. The van der Waals surface area contributed by atoms with Gasteiger partial charge in [-0.05, 0) is 36.4 Å². The number of benzene rings is 2. The van der Waals surface area contributed by atoms with Crippen LogP contribution in [-0.2, 0) is 14.8 Å². The van der Waals surface area contributed by atoms with Crippen molar-refractivity contribution in [1.29, 1.82) is 0 Å². The maximum absolute atomic E-state index is 13.1. The Morgan fingerprint density at radius 1 is 1.12 bits per heavy atom. The second-order valence-corrected chi connectivity index (χ2v) is 8.43. The zero-order valence-electron chi connectivity index (χ0n) is 13.5. The maximum Gasteiger partial charge on any atom is 0.242 e. The second-order valence-electron chi connectivity index (χ2n) is 5.23. The van der Waals surface area contributed by atoms with Crippen molar-refractivity contribution in [2.75, 3.05) is 25.2 Å². The van der Waals surface area contributed by atoms with Gasteiger partial charge in [0, 0.05) is 24.7 Å². The minimum atomic E-state index is -3.60. The summed E-state index contributed by atoms with van der Waals surface area (Å²) in [6.45, 7) is 0. The van der Waals surface area contributed by atoms with Gasteiger partial charge in [0.05, 0.1) is 10.6 Å². The molecular weight excluding hydrogens is 370 g/mol. The van der Waals surface area contributed by atoms with Crippen molar-refractivity contribution in [1.82, 2.24) is 4.31 Å². The Hall–Kier alpha value is -1.97. The van der Waals surface area contributed by atoms with Gasteiger partial charge in [0.15, 0.2) is 11.6 Å². The van der Waals surface area contributed by atoms with E-state index in [9.17, 15) is 22.0 Å². The largest absolute Gasteiger partial charge is 0.325 e. The summed E-state index contributed by atoms with van der Waals surface area (Å²) in [6, 6.07) is 9.25. The van der Waals surface area contributed by atoms with Crippen molar-refractivity contribution in [3.63, 3.8) is 0 Å². The third-order valence-electron chi connectivity index (χ3n) is 3.16. The first-order valence-electron chi connectivity index (χ1n) is 7.10. The van der Waals surface area contributed by atoms with Gasteiger partial charge in [0.2, 0.25) is 15.9 Å². The van der Waals surface area contributed by atoms with Gasteiger partial charge in [-0.25, -0.2) is 21.5 Å². The summed E-state index contributed by atoms with van der Waals surface area (Å²) in [5.74, 6) is -2.36. The number of halogens is 2. The summed E-state index contributed by atoms with van der Waals surface area (Å²) in [5, 5.41) is 2.58. The van der Waals surface area contributed by atoms with E-state index in [-0.39, 0.29) is 10.6 Å². The van der Waals surface area contributed by atoms with Crippen LogP contribution >= 0.6 is 11.8 Å². The Kier molecular flexibility index (Phi) is 6.15. The number of anilines is 1. The second kappa shape index (κ2) is 7.94. The summed E-state index contributed by atoms with van der Waals surface area (Å²) in [6.07, 6.45) is 0. The fraction of sp³-hybridized carbons (Fsp3) is 0.188. The molecular formula is C16H16F2N2O3S2. The Bertz CT molecular complexity index is 887. The lowest BCUT2D eigenvalue weighted by Crippen LogP contribution is -2.22. The molecule has 0 heterocycles. The molecule has 0 saturated heterocycles. The molecule has 2 aromatic rings. The van der Waals surface area contributed by atoms with Crippen LogP contribution in [0, 0.1) is 11.6 Å². The van der Waals surface area contributed by atoms with Gasteiger partial charge in [-0.15, -0.1) is 11.8 Å². The van der Waals surface area contributed by atoms with Gasteiger partial charge >= 0.3 is 0 Å². The minimum Gasteiger partial charge on any atom is -0.325 e. The molecule has 0 unspecified atom stereocenters. The Morgan fingerprint density at radius 3 is 2.48 bits per heavy atom. The quantitative estimate of drug-likeness (QED) is 0.776. The summed E-state index contributed by atoms with van der Waals surface area (Å²) >= 11 is 1.04. The Morgan fingerprint density at radius 2 is 1.84 bits per heavy atom. The predicted octanol–water partition coefficient (Wildman–Crippen LogP) is 2.95. The first-order chi connectivity index (χ1) is 11.7. The monoisotopic (exact) mass is 386 g/mol. The smallest absolute Gasteiger partial charge is 0.242 e. The Balaban J connectivity index is 2.02. The zero-order valence-corrected chi connectivity index (χ0v) is 15.1. The number of nitrogens with zero attached hydrogens (tertiary/aromatic N) is 1. The molecule has 2 aromatic carbocycles. The molecule has 0 aliphatic rings. The van der Waals surface area contributed by atoms with Crippen molar-refractivity contribution < 1.29 is 22.0 Å². The maximum atomic E-state index is 13.1. The molecule has 0 spiro atoms. The summed E-state index contributed by atoms with van der Waals surface area (Å²) < 4.78 is 51.2. The van der Waals surface area contributed by atoms with Crippen molar-refractivity contribution in [2.45, 2.75) is 9.79 Å². The average Bonchev–Trinajstić information content (AvgIpc) is 2.56. The molecule has 1 amide bonds. The Labute approximate surface area is 149 Å². The van der Waals surface area contributed by atoms with Crippen molar-refractivity contribution in [3.8, 4) is 0 Å². The first kappa shape index (κ1) is 19.4. The lowest BCUT2D eigenvalue weighted by Gasteiger charge is -2.12. The molecule has 2 rings (SSSR count). The van der Waals surface area contributed by atoms with Gasteiger partial charge in [-0.1, -0.05) is 6.07 Å². The number of hydrogen-bond acceptors (Lipinski definition) is 4. The number of carbonyl (C=O) groups excluding carboxylic acids is 1. The van der Waals surface area contributed by atoms with E-state index >= 15 is 0 Å². The fourth-order valence-corrected chi connectivity index (χ4v) is 3.53. The lowest BCUT2D eigenvalue weighted by atomic mass is 10.3. The number of amides is 1. The van der Waals surface area contributed by atoms with Gasteiger partial charge in [-0.2, -0.15) is 0 Å². The molecule has 5 nitrogen and oxygen atoms in total. The van der Waals surface area contributed by atoms with E-state index in [1.807, 2.05) is 0 Å². The van der Waals surface area contributed by atoms with Crippen LogP contribution in [0.25, 0.3) is 0 Å². The molecule has 0 bridgehead atoms. The van der Waals surface area contributed by atoms with Gasteiger partial charge in [0.25, 0.3) is 0 Å². The fourth-order valence-electron chi connectivity index (χ4n) is 1.86. The number of rotatable bonds is 6. The van der Waals surface area contributed by atoms with Crippen LogP contribution in [0.2, 0.25) is 0 Å². The van der Waals surface area contributed by atoms with E-state index in [0.717, 1.165) is 28.2 Å². The van der Waals surface area contributed by atoms with Crippen molar-refractivity contribution in [3.05, 3.63) is 54.1 Å². The molecule has 0 saturated carbocycles. The highest BCUT2D eigenvalue weighted by atomic mass is 32.2. The van der Waals surface area contributed by atoms with Gasteiger partial charge < -0.3 is 5.32 Å². The number of nitrogens with one attached hydrogen (secondary N) is 1. The van der Waals surface area contributed by atoms with E-state index in [4.69, 9.17) is 0 Å². The van der Waals surface area contributed by atoms with Crippen LogP contribution in [0.3, 0.4) is 0 Å². The molecule has 0 fully saturated rings. The van der Waals surface area contributed by atoms with Crippen LogP contribution < -0.4 is 5.32 Å². The van der Waals surface area contributed by atoms with Crippen LogP contribution in [-0.4, -0.2) is 38.5 Å². The molecule has 0 aliphatic carbocycles. The highest BCUT2D eigenvalue weighted by molar-refractivity contribution is 8.00. The van der Waals surface area contributed by atoms with E-state index in [1.54, 1.807) is 6.07 Å². The molecule has 25 heavy (non-hydrogen) atoms. The van der Waals surface area contributed by atoms with Gasteiger partial charge in [0.1, 0.15) is 0 Å². The molecule has 134 valence electrons. The van der Waals surface area contributed by atoms with E-state index in [1.165, 1.54) is 38.4 Å². The molecule has 0 aliphatic heterocycles. The topological polar surface area (TPSA) is 66.5 Å². The summed E-state index contributed by atoms with van der Waals surface area (Å²) in [4.78, 5) is 12.4. The third kappa shape index (κ3) is 5.00. The first-order valence-corrected chi connectivity index (χ1v) is 9.53.